The van der Waals surface area contributed by atoms with Gasteiger partial charge in [-0.2, -0.15) is 9.78 Å². The Hall–Kier alpha value is -2.94. The number of rotatable bonds is 7. The van der Waals surface area contributed by atoms with Crippen LogP contribution in [0.5, 0.6) is 0 Å². The van der Waals surface area contributed by atoms with Crippen LogP contribution in [0.3, 0.4) is 0 Å². The third kappa shape index (κ3) is 4.17. The van der Waals surface area contributed by atoms with Gasteiger partial charge in [-0.1, -0.05) is 0 Å². The van der Waals surface area contributed by atoms with E-state index in [0.29, 0.717) is 29.0 Å². The van der Waals surface area contributed by atoms with E-state index in [0.717, 1.165) is 5.69 Å². The minimum Gasteiger partial charge on any atom is -0.466 e. The Morgan fingerprint density at radius 2 is 2.23 bits per heavy atom. The third-order valence-corrected chi connectivity index (χ3v) is 4.22. The van der Waals surface area contributed by atoms with Crippen LogP contribution in [0.1, 0.15) is 25.5 Å². The number of anilines is 1. The Labute approximate surface area is 153 Å². The molecule has 0 spiro atoms. The highest BCUT2D eigenvalue weighted by Crippen LogP contribution is 2.26. The number of furan rings is 1. The van der Waals surface area contributed by atoms with Crippen molar-refractivity contribution in [1.82, 2.24) is 14.8 Å². The molecule has 1 amide bonds. The summed E-state index contributed by atoms with van der Waals surface area (Å²) in [6.45, 7) is 3.85. The van der Waals surface area contributed by atoms with Gasteiger partial charge in [0.05, 0.1) is 25.0 Å². The number of thiazole rings is 1. The molecule has 136 valence electrons. The number of hydrogen-bond donors (Lipinski definition) is 1. The van der Waals surface area contributed by atoms with E-state index in [1.165, 1.54) is 11.3 Å². The molecule has 0 radical (unpaired) electrons. The second-order valence-corrected chi connectivity index (χ2v) is 6.27. The Balaban J connectivity index is 1.72. The Morgan fingerprint density at radius 3 is 2.96 bits per heavy atom. The molecule has 3 aromatic rings. The summed E-state index contributed by atoms with van der Waals surface area (Å²) in [5.41, 5.74) is 1.43. The van der Waals surface area contributed by atoms with Gasteiger partial charge in [-0.05, 0) is 26.0 Å². The highest BCUT2D eigenvalue weighted by atomic mass is 32.1. The summed E-state index contributed by atoms with van der Waals surface area (Å²) in [5.74, 6) is 0.477. The Kier molecular flexibility index (Phi) is 5.47. The second-order valence-electron chi connectivity index (χ2n) is 5.43. The van der Waals surface area contributed by atoms with Crippen molar-refractivity contribution >= 4 is 29.0 Å². The molecule has 8 nitrogen and oxygen atoms in total. The number of hydrogen-bond acceptors (Lipinski definition) is 7. The maximum atomic E-state index is 12.1. The lowest BCUT2D eigenvalue weighted by molar-refractivity contribution is -0.144. The molecule has 1 N–H and O–H groups in total. The number of nitrogens with one attached hydrogen (secondary N) is 1. The lowest BCUT2D eigenvalue weighted by Crippen LogP contribution is -2.16. The summed E-state index contributed by atoms with van der Waals surface area (Å²) in [4.78, 5) is 28.0. The summed E-state index contributed by atoms with van der Waals surface area (Å²) >= 11 is 1.38. The third-order valence-electron chi connectivity index (χ3n) is 3.41. The van der Waals surface area contributed by atoms with E-state index in [2.05, 4.69) is 15.4 Å². The SMILES string of the molecule is CCOC(=O)CCC(=O)Nc1cc(C)nn1-c1nc(-c2ccco2)cs1. The van der Waals surface area contributed by atoms with Gasteiger partial charge in [0.1, 0.15) is 11.5 Å². The average molecular weight is 374 g/mol. The standard InChI is InChI=1S/C17H18N4O4S/c1-3-24-16(23)7-6-15(22)19-14-9-11(2)20-21(14)17-18-12(10-26-17)13-5-4-8-25-13/h4-5,8-10H,3,6-7H2,1-2H3,(H,19,22). The van der Waals surface area contributed by atoms with Gasteiger partial charge in [-0.3, -0.25) is 9.59 Å². The quantitative estimate of drug-likeness (QED) is 0.638. The van der Waals surface area contributed by atoms with Gasteiger partial charge >= 0.3 is 5.97 Å². The van der Waals surface area contributed by atoms with Crippen LogP contribution in [0.25, 0.3) is 16.6 Å². The summed E-state index contributed by atoms with van der Waals surface area (Å²) < 4.78 is 11.7. The zero-order valence-corrected chi connectivity index (χ0v) is 15.2. The van der Waals surface area contributed by atoms with Crippen LogP contribution in [0.15, 0.2) is 34.3 Å². The zero-order chi connectivity index (χ0) is 18.5. The lowest BCUT2D eigenvalue weighted by Gasteiger charge is -2.06. The average Bonchev–Trinajstić information content (AvgIpc) is 3.33. The molecule has 26 heavy (non-hydrogen) atoms. The minimum absolute atomic E-state index is 0.0344. The molecule has 3 rings (SSSR count). The van der Waals surface area contributed by atoms with E-state index < -0.39 is 5.97 Å². The van der Waals surface area contributed by atoms with Crippen LogP contribution in [0.2, 0.25) is 0 Å². The Bertz CT molecular complexity index is 898. The Morgan fingerprint density at radius 1 is 1.38 bits per heavy atom. The second kappa shape index (κ2) is 7.96. The molecule has 9 heteroatoms. The monoisotopic (exact) mass is 374 g/mol. The molecule has 0 bridgehead atoms. The molecule has 0 fully saturated rings. The van der Waals surface area contributed by atoms with Crippen LogP contribution in [0.4, 0.5) is 5.82 Å². The van der Waals surface area contributed by atoms with Crippen LogP contribution in [-0.4, -0.2) is 33.2 Å². The van der Waals surface area contributed by atoms with Gasteiger partial charge in [0.15, 0.2) is 5.76 Å². The predicted molar refractivity (Wildman–Crippen MR) is 96.2 cm³/mol. The van der Waals surface area contributed by atoms with E-state index in [4.69, 9.17) is 9.15 Å². The van der Waals surface area contributed by atoms with Crippen molar-refractivity contribution in [2.24, 2.45) is 0 Å². The molecule has 3 heterocycles. The van der Waals surface area contributed by atoms with Crippen molar-refractivity contribution in [3.63, 3.8) is 0 Å². The number of carbonyl (C=O) groups is 2. The molecule has 0 aliphatic carbocycles. The zero-order valence-electron chi connectivity index (χ0n) is 14.4. The largest absolute Gasteiger partial charge is 0.466 e. The van der Waals surface area contributed by atoms with Crippen molar-refractivity contribution in [2.45, 2.75) is 26.7 Å². The number of esters is 1. The van der Waals surface area contributed by atoms with Gasteiger partial charge in [-0.15, -0.1) is 11.3 Å². The van der Waals surface area contributed by atoms with Crippen LogP contribution in [0, 0.1) is 6.92 Å². The van der Waals surface area contributed by atoms with Crippen molar-refractivity contribution in [3.05, 3.63) is 35.5 Å². The molecule has 0 saturated carbocycles. The maximum Gasteiger partial charge on any atom is 0.306 e. The molecule has 0 aliphatic heterocycles. The van der Waals surface area contributed by atoms with Gasteiger partial charge in [0, 0.05) is 17.9 Å². The van der Waals surface area contributed by atoms with E-state index in [-0.39, 0.29) is 18.7 Å². The van der Waals surface area contributed by atoms with E-state index in [1.807, 2.05) is 18.4 Å². The van der Waals surface area contributed by atoms with E-state index in [9.17, 15) is 9.59 Å². The molecule has 0 aliphatic rings. The maximum absolute atomic E-state index is 12.1. The van der Waals surface area contributed by atoms with Crippen molar-refractivity contribution in [3.8, 4) is 16.6 Å². The van der Waals surface area contributed by atoms with Crippen molar-refractivity contribution < 1.29 is 18.7 Å². The summed E-state index contributed by atoms with van der Waals surface area (Å²) in [7, 11) is 0. The highest BCUT2D eigenvalue weighted by molar-refractivity contribution is 7.12. The highest BCUT2D eigenvalue weighted by Gasteiger charge is 2.16. The van der Waals surface area contributed by atoms with Crippen molar-refractivity contribution in [2.75, 3.05) is 11.9 Å². The number of aryl methyl sites for hydroxylation is 1. The smallest absolute Gasteiger partial charge is 0.306 e. The van der Waals surface area contributed by atoms with Gasteiger partial charge < -0.3 is 14.5 Å². The topological polar surface area (TPSA) is 99.2 Å². The summed E-state index contributed by atoms with van der Waals surface area (Å²) in [6.07, 6.45) is 1.66. The first-order valence-electron chi connectivity index (χ1n) is 8.08. The van der Waals surface area contributed by atoms with E-state index >= 15 is 0 Å². The predicted octanol–water partition coefficient (Wildman–Crippen LogP) is 3.18. The summed E-state index contributed by atoms with van der Waals surface area (Å²) in [6, 6.07) is 5.36. The molecular formula is C17H18N4O4S. The fourth-order valence-electron chi connectivity index (χ4n) is 2.29. The van der Waals surface area contributed by atoms with Gasteiger partial charge in [0.25, 0.3) is 0 Å². The fourth-order valence-corrected chi connectivity index (χ4v) is 3.06. The molecular weight excluding hydrogens is 356 g/mol. The molecule has 0 atom stereocenters. The number of aromatic nitrogens is 3. The first kappa shape index (κ1) is 17.9. The first-order chi connectivity index (χ1) is 12.6. The van der Waals surface area contributed by atoms with Crippen LogP contribution < -0.4 is 5.32 Å². The van der Waals surface area contributed by atoms with Gasteiger partial charge in [0.2, 0.25) is 11.0 Å². The van der Waals surface area contributed by atoms with Crippen molar-refractivity contribution in [1.29, 1.82) is 0 Å². The lowest BCUT2D eigenvalue weighted by atomic mass is 10.3. The van der Waals surface area contributed by atoms with Crippen LogP contribution >= 0.6 is 11.3 Å². The fraction of sp³-hybridized carbons (Fsp3) is 0.294. The first-order valence-corrected chi connectivity index (χ1v) is 8.96. The van der Waals surface area contributed by atoms with Gasteiger partial charge in [-0.25, -0.2) is 4.98 Å². The molecule has 3 aromatic heterocycles. The van der Waals surface area contributed by atoms with E-state index in [1.54, 1.807) is 30.0 Å². The number of amides is 1. The summed E-state index contributed by atoms with van der Waals surface area (Å²) in [5, 5.41) is 9.61. The minimum atomic E-state index is -0.393. The molecule has 0 unspecified atom stereocenters. The normalized spacial score (nSPS) is 10.7. The van der Waals surface area contributed by atoms with Crippen LogP contribution in [-0.2, 0) is 14.3 Å². The molecule has 0 aromatic carbocycles. The molecule has 0 saturated heterocycles. The number of carbonyl (C=O) groups excluding carboxylic acids is 2. The number of ether oxygens (including phenoxy) is 1. The number of nitrogens with zero attached hydrogens (tertiary/aromatic N) is 3.